The van der Waals surface area contributed by atoms with Gasteiger partial charge >= 0.3 is 5.97 Å². The minimum Gasteiger partial charge on any atom is -0.481 e. The van der Waals surface area contributed by atoms with Crippen LogP contribution in [0.25, 0.3) is 11.3 Å². The number of aromatic nitrogens is 3. The van der Waals surface area contributed by atoms with Crippen molar-refractivity contribution in [2.75, 3.05) is 5.75 Å². The van der Waals surface area contributed by atoms with E-state index < -0.39 is 11.8 Å². The highest BCUT2D eigenvalue weighted by Crippen LogP contribution is 2.21. The molecule has 0 aromatic carbocycles. The molecule has 0 fully saturated rings. The minimum atomic E-state index is -0.916. The maximum Gasteiger partial charge on any atom is 0.313 e. The van der Waals surface area contributed by atoms with Gasteiger partial charge < -0.3 is 10.1 Å². The number of hydrogen-bond acceptors (Lipinski definition) is 4. The summed E-state index contributed by atoms with van der Waals surface area (Å²) < 4.78 is 12.9. The van der Waals surface area contributed by atoms with E-state index >= 15 is 0 Å². The van der Waals surface area contributed by atoms with Gasteiger partial charge in [0, 0.05) is 11.8 Å². The number of H-pyrrole nitrogens is 1. The average molecular weight is 253 g/mol. The summed E-state index contributed by atoms with van der Waals surface area (Å²) in [6.07, 6.45) is 4.13. The van der Waals surface area contributed by atoms with Crippen LogP contribution in [0.5, 0.6) is 0 Å². The molecule has 0 unspecified atom stereocenters. The van der Waals surface area contributed by atoms with E-state index in [1.165, 1.54) is 18.5 Å². The molecule has 0 aliphatic carbocycles. The summed E-state index contributed by atoms with van der Waals surface area (Å²) in [5.41, 5.74) is 1.17. The Hall–Kier alpha value is -1.89. The fourth-order valence-corrected chi connectivity index (χ4v) is 1.78. The van der Waals surface area contributed by atoms with Gasteiger partial charge in [-0.15, -0.1) is 0 Å². The molecule has 5 nitrogen and oxygen atoms in total. The van der Waals surface area contributed by atoms with E-state index in [0.717, 1.165) is 18.0 Å². The predicted octanol–water partition coefficient (Wildman–Crippen LogP) is 1.79. The van der Waals surface area contributed by atoms with Crippen molar-refractivity contribution in [2.24, 2.45) is 0 Å². The molecule has 2 heterocycles. The van der Waals surface area contributed by atoms with E-state index in [-0.39, 0.29) is 5.75 Å². The quantitative estimate of drug-likeness (QED) is 0.812. The lowest BCUT2D eigenvalue weighted by Gasteiger charge is -1.96. The summed E-state index contributed by atoms with van der Waals surface area (Å²) in [7, 11) is 0. The van der Waals surface area contributed by atoms with Crippen LogP contribution < -0.4 is 0 Å². The molecule has 0 saturated carbocycles. The molecule has 2 aromatic rings. The van der Waals surface area contributed by atoms with Gasteiger partial charge in [0.05, 0.1) is 23.8 Å². The van der Waals surface area contributed by atoms with Crippen molar-refractivity contribution in [3.05, 3.63) is 30.5 Å². The number of halogens is 1. The average Bonchev–Trinajstić information content (AvgIpc) is 2.75. The number of thioether (sulfide) groups is 1. The number of aromatic amines is 1. The predicted molar refractivity (Wildman–Crippen MR) is 60.1 cm³/mol. The van der Waals surface area contributed by atoms with E-state index in [9.17, 15) is 9.18 Å². The first-order valence-electron chi connectivity index (χ1n) is 4.65. The lowest BCUT2D eigenvalue weighted by molar-refractivity contribution is -0.133. The minimum absolute atomic E-state index is 0.0750. The van der Waals surface area contributed by atoms with Gasteiger partial charge in [0.2, 0.25) is 0 Å². The zero-order chi connectivity index (χ0) is 12.3. The van der Waals surface area contributed by atoms with Crippen LogP contribution in [0.2, 0.25) is 0 Å². The summed E-state index contributed by atoms with van der Waals surface area (Å²) in [6, 6.07) is 1.33. The Kier molecular flexibility index (Phi) is 3.38. The molecule has 0 amide bonds. The van der Waals surface area contributed by atoms with Crippen molar-refractivity contribution in [2.45, 2.75) is 5.16 Å². The van der Waals surface area contributed by atoms with Gasteiger partial charge in [-0.05, 0) is 6.07 Å². The molecule has 0 spiro atoms. The van der Waals surface area contributed by atoms with Gasteiger partial charge in [-0.1, -0.05) is 11.8 Å². The van der Waals surface area contributed by atoms with E-state index in [2.05, 4.69) is 15.0 Å². The van der Waals surface area contributed by atoms with E-state index in [1.807, 2.05) is 0 Å². The summed E-state index contributed by atoms with van der Waals surface area (Å²) in [5.74, 6) is -1.42. The molecule has 2 rings (SSSR count). The number of imidazole rings is 1. The largest absolute Gasteiger partial charge is 0.481 e. The van der Waals surface area contributed by atoms with Crippen molar-refractivity contribution in [1.29, 1.82) is 0 Å². The Morgan fingerprint density at radius 1 is 1.47 bits per heavy atom. The van der Waals surface area contributed by atoms with Crippen LogP contribution in [0.1, 0.15) is 0 Å². The van der Waals surface area contributed by atoms with E-state index in [0.29, 0.717) is 16.4 Å². The van der Waals surface area contributed by atoms with Crippen LogP contribution in [0, 0.1) is 5.82 Å². The molecule has 2 aromatic heterocycles. The molecule has 7 heteroatoms. The monoisotopic (exact) mass is 253 g/mol. The third-order valence-electron chi connectivity index (χ3n) is 1.90. The summed E-state index contributed by atoms with van der Waals surface area (Å²) in [5, 5.41) is 8.99. The Labute approximate surface area is 100 Å². The van der Waals surface area contributed by atoms with Crippen molar-refractivity contribution in [3.63, 3.8) is 0 Å². The van der Waals surface area contributed by atoms with Gasteiger partial charge in [-0.3, -0.25) is 9.78 Å². The zero-order valence-electron chi connectivity index (χ0n) is 8.55. The van der Waals surface area contributed by atoms with Gasteiger partial charge in [0.25, 0.3) is 0 Å². The second kappa shape index (κ2) is 4.96. The third-order valence-corrected chi connectivity index (χ3v) is 2.77. The normalized spacial score (nSPS) is 10.4. The smallest absolute Gasteiger partial charge is 0.313 e. The van der Waals surface area contributed by atoms with Crippen molar-refractivity contribution in [3.8, 4) is 11.3 Å². The standard InChI is InChI=1S/C10H8FN3O2S/c11-7-1-6(2-12-3-7)8-4-13-10(14-8)17-5-9(15)16/h1-4H,5H2,(H,13,14)(H,15,16). The fraction of sp³-hybridized carbons (Fsp3) is 0.100. The van der Waals surface area contributed by atoms with Crippen molar-refractivity contribution < 1.29 is 14.3 Å². The topological polar surface area (TPSA) is 78.9 Å². The molecule has 2 N–H and O–H groups in total. The summed E-state index contributed by atoms with van der Waals surface area (Å²) in [4.78, 5) is 21.0. The van der Waals surface area contributed by atoms with Gasteiger partial charge in [-0.25, -0.2) is 9.37 Å². The van der Waals surface area contributed by atoms with E-state index in [1.54, 1.807) is 0 Å². The zero-order valence-corrected chi connectivity index (χ0v) is 9.37. The maximum atomic E-state index is 12.9. The number of carboxylic acid groups (broad SMARTS) is 1. The number of rotatable bonds is 4. The second-order valence-corrected chi connectivity index (χ2v) is 4.14. The number of aliphatic carboxylic acids is 1. The van der Waals surface area contributed by atoms with Crippen LogP contribution in [0.3, 0.4) is 0 Å². The molecule has 17 heavy (non-hydrogen) atoms. The third kappa shape index (κ3) is 3.04. The first-order valence-corrected chi connectivity index (χ1v) is 5.64. The highest BCUT2D eigenvalue weighted by molar-refractivity contribution is 7.99. The van der Waals surface area contributed by atoms with Crippen LogP contribution >= 0.6 is 11.8 Å². The summed E-state index contributed by atoms with van der Waals surface area (Å²) in [6.45, 7) is 0. The van der Waals surface area contributed by atoms with Crippen molar-refractivity contribution in [1.82, 2.24) is 15.0 Å². The summed E-state index contributed by atoms with van der Waals surface area (Å²) >= 11 is 1.07. The Morgan fingerprint density at radius 2 is 2.29 bits per heavy atom. The molecule has 0 radical (unpaired) electrons. The van der Waals surface area contributed by atoms with Crippen LogP contribution in [-0.4, -0.2) is 31.8 Å². The van der Waals surface area contributed by atoms with Crippen molar-refractivity contribution >= 4 is 17.7 Å². The molecular formula is C10H8FN3O2S. The fourth-order valence-electron chi connectivity index (χ4n) is 1.21. The molecule has 0 aliphatic heterocycles. The van der Waals surface area contributed by atoms with Gasteiger partial charge in [-0.2, -0.15) is 0 Å². The molecule has 0 atom stereocenters. The molecule has 0 saturated heterocycles. The number of nitrogens with zero attached hydrogens (tertiary/aromatic N) is 2. The number of carbonyl (C=O) groups is 1. The van der Waals surface area contributed by atoms with Gasteiger partial charge in [0.15, 0.2) is 5.16 Å². The molecule has 88 valence electrons. The van der Waals surface area contributed by atoms with E-state index in [4.69, 9.17) is 5.11 Å². The molecule has 0 aliphatic rings. The highest BCUT2D eigenvalue weighted by atomic mass is 32.2. The van der Waals surface area contributed by atoms with Crippen LogP contribution in [-0.2, 0) is 4.79 Å². The van der Waals surface area contributed by atoms with Gasteiger partial charge in [0.1, 0.15) is 5.82 Å². The van der Waals surface area contributed by atoms with Crippen LogP contribution in [0.15, 0.2) is 29.8 Å². The Balaban J connectivity index is 2.15. The number of nitrogens with one attached hydrogen (secondary N) is 1. The number of hydrogen-bond donors (Lipinski definition) is 2. The first-order chi connectivity index (χ1) is 8.15. The highest BCUT2D eigenvalue weighted by Gasteiger charge is 2.06. The number of pyridine rings is 1. The number of carboxylic acids is 1. The Morgan fingerprint density at radius 3 is 3.00 bits per heavy atom. The second-order valence-electron chi connectivity index (χ2n) is 3.18. The Bertz CT molecular complexity index is 544. The van der Waals surface area contributed by atoms with Crippen LogP contribution in [0.4, 0.5) is 4.39 Å². The SMILES string of the molecule is O=C(O)CSc1ncc(-c2cncc(F)c2)[nH]1. The lowest BCUT2D eigenvalue weighted by Crippen LogP contribution is -1.97. The lowest BCUT2D eigenvalue weighted by atomic mass is 10.2. The molecular weight excluding hydrogens is 245 g/mol. The molecule has 0 bridgehead atoms. The first kappa shape index (κ1) is 11.6. The maximum absolute atomic E-state index is 12.9.